The lowest BCUT2D eigenvalue weighted by atomic mass is 10.1. The minimum atomic E-state index is 0.0364. The van der Waals surface area contributed by atoms with Gasteiger partial charge in [-0.2, -0.15) is 0 Å². The Kier molecular flexibility index (Phi) is 4.21. The lowest BCUT2D eigenvalue weighted by molar-refractivity contribution is 0.100. The summed E-state index contributed by atoms with van der Waals surface area (Å²) in [6, 6.07) is 29.8. The van der Waals surface area contributed by atoms with E-state index in [1.54, 1.807) is 11.8 Å². The molecule has 0 saturated heterocycles. The fraction of sp³-hybridized carbons (Fsp3) is 0.0385. The van der Waals surface area contributed by atoms with E-state index in [2.05, 4.69) is 24.3 Å². The molecule has 0 spiro atoms. The Morgan fingerprint density at radius 1 is 0.710 bits per heavy atom. The Bertz CT molecular complexity index is 1380. The van der Waals surface area contributed by atoms with Crippen molar-refractivity contribution in [1.29, 1.82) is 0 Å². The minimum Gasteiger partial charge on any atom is -0.301 e. The first-order valence-corrected chi connectivity index (χ1v) is 10.9. The van der Waals surface area contributed by atoms with E-state index in [-0.39, 0.29) is 12.3 Å². The standard InChI is InChI=1S/C26H17N3OS/c30-22(17-8-2-1-3-9-17)16-29-25-23(14-18-10-4-6-12-20(18)27-25)31-24-15-19-11-5-7-13-21(19)28-26(24)29/h1-15H,16H2. The van der Waals surface area contributed by atoms with Crippen molar-refractivity contribution in [2.24, 2.45) is 0 Å². The van der Waals surface area contributed by atoms with Crippen molar-refractivity contribution < 1.29 is 4.79 Å². The molecule has 3 aromatic carbocycles. The monoisotopic (exact) mass is 419 g/mol. The van der Waals surface area contributed by atoms with Gasteiger partial charge in [0.05, 0.1) is 27.4 Å². The van der Waals surface area contributed by atoms with E-state index in [0.29, 0.717) is 5.56 Å². The topological polar surface area (TPSA) is 46.1 Å². The molecule has 0 aliphatic carbocycles. The van der Waals surface area contributed by atoms with Gasteiger partial charge >= 0.3 is 0 Å². The van der Waals surface area contributed by atoms with Crippen molar-refractivity contribution in [2.45, 2.75) is 9.79 Å². The van der Waals surface area contributed by atoms with Gasteiger partial charge in [0.25, 0.3) is 0 Å². The minimum absolute atomic E-state index is 0.0364. The summed E-state index contributed by atoms with van der Waals surface area (Å²) in [5.74, 6) is 1.60. The lowest BCUT2D eigenvalue weighted by Crippen LogP contribution is -2.29. The van der Waals surface area contributed by atoms with Gasteiger partial charge in [-0.3, -0.25) is 4.79 Å². The number of Topliss-reactive ketones (excluding diaryl/α,β-unsaturated/α-hetero) is 1. The number of hydrogen-bond donors (Lipinski definition) is 0. The van der Waals surface area contributed by atoms with Crippen LogP contribution in [0.25, 0.3) is 21.8 Å². The van der Waals surface area contributed by atoms with Gasteiger partial charge in [-0.15, -0.1) is 0 Å². The maximum atomic E-state index is 13.2. The van der Waals surface area contributed by atoms with Crippen LogP contribution >= 0.6 is 11.8 Å². The van der Waals surface area contributed by atoms with Gasteiger partial charge in [0, 0.05) is 16.3 Å². The molecule has 0 fully saturated rings. The van der Waals surface area contributed by atoms with Crippen LogP contribution in [0.2, 0.25) is 0 Å². The van der Waals surface area contributed by atoms with Gasteiger partial charge in [0.15, 0.2) is 5.78 Å². The van der Waals surface area contributed by atoms with Crippen LogP contribution in [0, 0.1) is 0 Å². The average molecular weight is 420 g/mol. The Labute approximate surface area is 183 Å². The van der Waals surface area contributed by atoms with E-state index < -0.39 is 0 Å². The van der Waals surface area contributed by atoms with Crippen molar-refractivity contribution in [2.75, 3.05) is 11.4 Å². The van der Waals surface area contributed by atoms with Crippen LogP contribution in [0.1, 0.15) is 10.4 Å². The summed E-state index contributed by atoms with van der Waals surface area (Å²) in [5.41, 5.74) is 2.50. The van der Waals surface area contributed by atoms with Crippen LogP contribution in [0.4, 0.5) is 11.6 Å². The maximum absolute atomic E-state index is 13.2. The summed E-state index contributed by atoms with van der Waals surface area (Å²) in [5, 5.41) is 2.17. The smallest absolute Gasteiger partial charge is 0.182 e. The molecule has 5 heteroatoms. The molecule has 0 N–H and O–H groups in total. The van der Waals surface area contributed by atoms with E-state index in [1.165, 1.54) is 0 Å². The first-order valence-electron chi connectivity index (χ1n) is 10.1. The molecule has 3 heterocycles. The summed E-state index contributed by atoms with van der Waals surface area (Å²) >= 11 is 1.66. The molecule has 1 aliphatic rings. The van der Waals surface area contributed by atoms with Crippen molar-refractivity contribution in [3.05, 3.63) is 96.6 Å². The van der Waals surface area contributed by atoms with Gasteiger partial charge < -0.3 is 4.90 Å². The molecular weight excluding hydrogens is 402 g/mol. The highest BCUT2D eigenvalue weighted by Gasteiger charge is 2.29. The predicted molar refractivity (Wildman–Crippen MR) is 125 cm³/mol. The average Bonchev–Trinajstić information content (AvgIpc) is 2.82. The third-order valence-electron chi connectivity index (χ3n) is 5.47. The molecule has 4 nitrogen and oxygen atoms in total. The zero-order valence-corrected chi connectivity index (χ0v) is 17.3. The number of para-hydroxylation sites is 2. The van der Waals surface area contributed by atoms with E-state index in [1.807, 2.05) is 71.6 Å². The number of ketones is 1. The second-order valence-corrected chi connectivity index (χ2v) is 8.57. The van der Waals surface area contributed by atoms with Crippen molar-refractivity contribution in [1.82, 2.24) is 9.97 Å². The molecule has 0 amide bonds. The number of aromatic nitrogens is 2. The molecule has 0 unspecified atom stereocenters. The van der Waals surface area contributed by atoms with Crippen molar-refractivity contribution in [3.63, 3.8) is 0 Å². The highest BCUT2D eigenvalue weighted by molar-refractivity contribution is 7.99. The molecule has 0 saturated carbocycles. The fourth-order valence-corrected chi connectivity index (χ4v) is 5.04. The van der Waals surface area contributed by atoms with E-state index in [9.17, 15) is 4.79 Å². The van der Waals surface area contributed by atoms with Crippen molar-refractivity contribution >= 4 is 51.0 Å². The summed E-state index contributed by atoms with van der Waals surface area (Å²) in [6.45, 7) is 0.182. The first-order chi connectivity index (χ1) is 15.3. The Morgan fingerprint density at radius 2 is 1.23 bits per heavy atom. The fourth-order valence-electron chi connectivity index (χ4n) is 3.94. The quantitative estimate of drug-likeness (QED) is 0.323. The normalized spacial score (nSPS) is 12.6. The predicted octanol–water partition coefficient (Wildman–Crippen LogP) is 6.27. The van der Waals surface area contributed by atoms with Crippen LogP contribution in [0.3, 0.4) is 0 Å². The highest BCUT2D eigenvalue weighted by Crippen LogP contribution is 2.48. The molecule has 0 bridgehead atoms. The SMILES string of the molecule is O=C(CN1c2nc3ccccc3cc2Sc2cc3ccccc3nc21)c1ccccc1. The third kappa shape index (κ3) is 3.14. The van der Waals surface area contributed by atoms with Gasteiger partial charge in [-0.25, -0.2) is 9.97 Å². The Balaban J connectivity index is 1.54. The van der Waals surface area contributed by atoms with E-state index >= 15 is 0 Å². The number of benzene rings is 3. The number of hydrogen-bond acceptors (Lipinski definition) is 5. The summed E-state index contributed by atoms with van der Waals surface area (Å²) < 4.78 is 0. The number of fused-ring (bicyclic) bond motifs is 4. The largest absolute Gasteiger partial charge is 0.301 e. The third-order valence-corrected chi connectivity index (χ3v) is 6.51. The molecule has 5 aromatic rings. The molecule has 0 radical (unpaired) electrons. The first kappa shape index (κ1) is 18.1. The molecule has 0 atom stereocenters. The summed E-state index contributed by atoms with van der Waals surface area (Å²) in [7, 11) is 0. The van der Waals surface area contributed by atoms with Crippen LogP contribution in [-0.4, -0.2) is 22.3 Å². The maximum Gasteiger partial charge on any atom is 0.182 e. The number of anilines is 2. The van der Waals surface area contributed by atoms with Gasteiger partial charge in [-0.05, 0) is 24.3 Å². The van der Waals surface area contributed by atoms with Crippen molar-refractivity contribution in [3.8, 4) is 0 Å². The molecule has 2 aromatic heterocycles. The second-order valence-electron chi connectivity index (χ2n) is 7.48. The highest BCUT2D eigenvalue weighted by atomic mass is 32.2. The van der Waals surface area contributed by atoms with Crippen LogP contribution in [-0.2, 0) is 0 Å². The molecule has 31 heavy (non-hydrogen) atoms. The lowest BCUT2D eigenvalue weighted by Gasteiger charge is -2.30. The van der Waals surface area contributed by atoms with E-state index in [4.69, 9.17) is 9.97 Å². The van der Waals surface area contributed by atoms with E-state index in [0.717, 1.165) is 43.2 Å². The number of nitrogens with zero attached hydrogens (tertiary/aromatic N) is 3. The molecule has 148 valence electrons. The zero-order chi connectivity index (χ0) is 20.8. The number of carbonyl (C=O) groups excluding carboxylic acids is 1. The molecule has 6 rings (SSSR count). The summed E-state index contributed by atoms with van der Waals surface area (Å²) in [4.78, 5) is 27.1. The number of pyridine rings is 2. The Morgan fingerprint density at radius 3 is 1.81 bits per heavy atom. The molecule has 1 aliphatic heterocycles. The second kappa shape index (κ2) is 7.22. The number of carbonyl (C=O) groups is 1. The Hall–Kier alpha value is -3.70. The molecular formula is C26H17N3OS. The van der Waals surface area contributed by atoms with Crippen LogP contribution in [0.15, 0.2) is 101 Å². The zero-order valence-electron chi connectivity index (χ0n) is 16.5. The van der Waals surface area contributed by atoms with Gasteiger partial charge in [0.2, 0.25) is 0 Å². The van der Waals surface area contributed by atoms with Crippen LogP contribution < -0.4 is 4.90 Å². The summed E-state index contributed by atoms with van der Waals surface area (Å²) in [6.07, 6.45) is 0. The number of rotatable bonds is 3. The van der Waals surface area contributed by atoms with Crippen LogP contribution in [0.5, 0.6) is 0 Å². The van der Waals surface area contributed by atoms with Gasteiger partial charge in [0.1, 0.15) is 11.6 Å². The van der Waals surface area contributed by atoms with Gasteiger partial charge in [-0.1, -0.05) is 78.5 Å².